The number of likely N-dealkylation sites (N-methyl/N-ethyl adjacent to an activating group) is 1. The largest absolute Gasteiger partial charge is 0.308 e. The summed E-state index contributed by atoms with van der Waals surface area (Å²) in [5.41, 5.74) is 5.81. The summed E-state index contributed by atoms with van der Waals surface area (Å²) in [7, 11) is 2.19. The van der Waals surface area contributed by atoms with E-state index >= 15 is 0 Å². The second-order valence-corrected chi connectivity index (χ2v) is 8.75. The van der Waals surface area contributed by atoms with Crippen molar-refractivity contribution in [2.75, 3.05) is 25.0 Å². The summed E-state index contributed by atoms with van der Waals surface area (Å²) >= 11 is 0. The fourth-order valence-electron chi connectivity index (χ4n) is 5.28. The van der Waals surface area contributed by atoms with Crippen LogP contribution in [0.15, 0.2) is 78.9 Å². The number of hydrogen-bond donors (Lipinski definition) is 0. The number of likely N-dealkylation sites (tertiary alicyclic amines) is 1. The van der Waals surface area contributed by atoms with Crippen LogP contribution in [-0.4, -0.2) is 37.0 Å². The molecule has 0 spiro atoms. The van der Waals surface area contributed by atoms with Crippen molar-refractivity contribution in [3.8, 4) is 0 Å². The third kappa shape index (κ3) is 3.23. The molecule has 3 aromatic rings. The third-order valence-electron chi connectivity index (χ3n) is 6.70. The van der Waals surface area contributed by atoms with Gasteiger partial charge in [-0.2, -0.15) is 0 Å². The molecule has 0 N–H and O–H groups in total. The normalized spacial score (nSPS) is 20.8. The molecule has 0 bridgehead atoms. The predicted molar refractivity (Wildman–Crippen MR) is 122 cm³/mol. The molecule has 3 aromatic carbocycles. The first-order valence-electron chi connectivity index (χ1n) is 10.9. The Balaban J connectivity index is 1.61. The number of amides is 1. The molecule has 0 aromatic heterocycles. The fraction of sp³-hybridized carbons (Fsp3) is 0.296. The first-order chi connectivity index (χ1) is 14.6. The van der Waals surface area contributed by atoms with Gasteiger partial charge in [-0.3, -0.25) is 4.79 Å². The van der Waals surface area contributed by atoms with Crippen LogP contribution in [0, 0.1) is 6.92 Å². The molecule has 3 heteroatoms. The summed E-state index contributed by atoms with van der Waals surface area (Å²) in [6.45, 7) is 4.18. The number of hydrogen-bond acceptors (Lipinski definition) is 2. The van der Waals surface area contributed by atoms with Crippen LogP contribution < -0.4 is 4.90 Å². The van der Waals surface area contributed by atoms with Gasteiger partial charge in [0.25, 0.3) is 0 Å². The molecule has 2 aliphatic rings. The number of nitrogens with zero attached hydrogens (tertiary/aromatic N) is 2. The van der Waals surface area contributed by atoms with Crippen LogP contribution in [0.25, 0.3) is 0 Å². The van der Waals surface area contributed by atoms with Crippen molar-refractivity contribution in [2.45, 2.75) is 31.2 Å². The predicted octanol–water partition coefficient (Wildman–Crippen LogP) is 4.96. The molecule has 1 amide bonds. The second kappa shape index (κ2) is 7.73. The van der Waals surface area contributed by atoms with Gasteiger partial charge in [0.1, 0.15) is 0 Å². The van der Waals surface area contributed by atoms with E-state index in [0.717, 1.165) is 36.3 Å². The summed E-state index contributed by atoms with van der Waals surface area (Å²) in [6, 6.07) is 27.3. The third-order valence-corrected chi connectivity index (χ3v) is 6.70. The molecule has 0 saturated carbocycles. The number of rotatable bonds is 3. The lowest BCUT2D eigenvalue weighted by Crippen LogP contribution is -2.48. The minimum atomic E-state index is -0.292. The van der Waals surface area contributed by atoms with Crippen molar-refractivity contribution < 1.29 is 4.79 Å². The van der Waals surface area contributed by atoms with Crippen molar-refractivity contribution in [3.05, 3.63) is 101 Å². The smallest absolute Gasteiger partial charge is 0.239 e. The van der Waals surface area contributed by atoms with Crippen molar-refractivity contribution in [1.82, 2.24) is 4.90 Å². The van der Waals surface area contributed by atoms with E-state index < -0.39 is 0 Å². The lowest BCUT2D eigenvalue weighted by atomic mass is 9.87. The summed E-state index contributed by atoms with van der Waals surface area (Å²) < 4.78 is 0. The Bertz CT molecular complexity index is 1010. The number of benzene rings is 3. The van der Waals surface area contributed by atoms with Crippen LogP contribution in [0.1, 0.15) is 40.5 Å². The highest BCUT2D eigenvalue weighted by atomic mass is 16.2. The number of carbonyl (C=O) groups is 1. The van der Waals surface area contributed by atoms with Gasteiger partial charge in [0, 0.05) is 24.2 Å². The maximum atomic E-state index is 14.2. The zero-order valence-corrected chi connectivity index (χ0v) is 17.7. The highest BCUT2D eigenvalue weighted by Crippen LogP contribution is 2.46. The first-order valence-corrected chi connectivity index (χ1v) is 10.9. The Hall–Kier alpha value is -2.91. The highest BCUT2D eigenvalue weighted by Gasteiger charge is 2.45. The van der Waals surface area contributed by atoms with E-state index in [0.29, 0.717) is 5.92 Å². The summed E-state index contributed by atoms with van der Waals surface area (Å²) in [6.07, 6.45) is 1.01. The standard InChI is InChI=1S/C27H28N2O/c1-19-13-14-24-22(17-19)23-18-28(2)16-15-25(23)29(24)27(30)26(20-9-5-3-6-10-20)21-11-7-4-8-12-21/h3-14,17,23,25-26H,15-16,18H2,1-2H3/t23-,25+/m0/s1. The fourth-order valence-corrected chi connectivity index (χ4v) is 5.28. The zero-order chi connectivity index (χ0) is 20.7. The molecule has 2 atom stereocenters. The Morgan fingerprint density at radius 3 is 2.20 bits per heavy atom. The van der Waals surface area contributed by atoms with Crippen molar-refractivity contribution >= 4 is 11.6 Å². The zero-order valence-electron chi connectivity index (χ0n) is 17.7. The minimum Gasteiger partial charge on any atom is -0.308 e. The summed E-state index contributed by atoms with van der Waals surface area (Å²) in [5, 5.41) is 0. The van der Waals surface area contributed by atoms with Crippen LogP contribution in [0.5, 0.6) is 0 Å². The Kier molecular flexibility index (Phi) is 4.92. The molecule has 0 aliphatic carbocycles. The molecule has 0 radical (unpaired) electrons. The van der Waals surface area contributed by atoms with Crippen molar-refractivity contribution in [1.29, 1.82) is 0 Å². The van der Waals surface area contributed by atoms with Crippen LogP contribution in [-0.2, 0) is 4.79 Å². The molecular formula is C27H28N2O. The first kappa shape index (κ1) is 19.1. The molecule has 2 aliphatic heterocycles. The number of carbonyl (C=O) groups excluding carboxylic acids is 1. The van der Waals surface area contributed by atoms with E-state index in [1.165, 1.54) is 11.1 Å². The van der Waals surface area contributed by atoms with Gasteiger partial charge in [0.2, 0.25) is 5.91 Å². The van der Waals surface area contributed by atoms with E-state index in [1.54, 1.807) is 0 Å². The molecule has 3 nitrogen and oxygen atoms in total. The number of piperidine rings is 1. The molecular weight excluding hydrogens is 368 g/mol. The van der Waals surface area contributed by atoms with Gasteiger partial charge in [-0.25, -0.2) is 0 Å². The molecule has 5 rings (SSSR count). The maximum Gasteiger partial charge on any atom is 0.239 e. The summed E-state index contributed by atoms with van der Waals surface area (Å²) in [5.74, 6) is 0.282. The SMILES string of the molecule is Cc1ccc2c(c1)[C@@H]1CN(C)CC[C@H]1N2C(=O)C(c1ccccc1)c1ccccc1. The molecule has 152 valence electrons. The van der Waals surface area contributed by atoms with Gasteiger partial charge in [-0.05, 0) is 49.7 Å². The van der Waals surface area contributed by atoms with Gasteiger partial charge >= 0.3 is 0 Å². The second-order valence-electron chi connectivity index (χ2n) is 8.75. The van der Waals surface area contributed by atoms with E-state index in [1.807, 2.05) is 36.4 Å². The highest BCUT2D eigenvalue weighted by molar-refractivity contribution is 6.02. The quantitative estimate of drug-likeness (QED) is 0.625. The monoisotopic (exact) mass is 396 g/mol. The minimum absolute atomic E-state index is 0.189. The van der Waals surface area contributed by atoms with E-state index in [9.17, 15) is 4.79 Å². The van der Waals surface area contributed by atoms with E-state index in [2.05, 4.69) is 66.2 Å². The van der Waals surface area contributed by atoms with Crippen LogP contribution >= 0.6 is 0 Å². The lowest BCUT2D eigenvalue weighted by molar-refractivity contribution is -0.119. The van der Waals surface area contributed by atoms with Crippen LogP contribution in [0.2, 0.25) is 0 Å². The molecule has 1 fully saturated rings. The molecule has 1 saturated heterocycles. The van der Waals surface area contributed by atoms with Gasteiger partial charge in [0.05, 0.1) is 5.92 Å². The number of aryl methyl sites for hydroxylation is 1. The van der Waals surface area contributed by atoms with E-state index in [4.69, 9.17) is 0 Å². The average Bonchev–Trinajstić information content (AvgIpc) is 3.08. The molecule has 0 unspecified atom stereocenters. The topological polar surface area (TPSA) is 23.6 Å². The Morgan fingerprint density at radius 2 is 1.57 bits per heavy atom. The van der Waals surface area contributed by atoms with E-state index in [-0.39, 0.29) is 17.9 Å². The van der Waals surface area contributed by atoms with Gasteiger partial charge in [-0.1, -0.05) is 78.4 Å². The Morgan fingerprint density at radius 1 is 0.933 bits per heavy atom. The lowest BCUT2D eigenvalue weighted by Gasteiger charge is -2.37. The Labute approximate surface area is 178 Å². The van der Waals surface area contributed by atoms with Crippen LogP contribution in [0.3, 0.4) is 0 Å². The average molecular weight is 397 g/mol. The number of anilines is 1. The van der Waals surface area contributed by atoms with Crippen LogP contribution in [0.4, 0.5) is 5.69 Å². The van der Waals surface area contributed by atoms with Gasteiger partial charge in [-0.15, -0.1) is 0 Å². The molecule has 2 heterocycles. The maximum absolute atomic E-state index is 14.2. The molecule has 30 heavy (non-hydrogen) atoms. The van der Waals surface area contributed by atoms with Crippen molar-refractivity contribution in [3.63, 3.8) is 0 Å². The van der Waals surface area contributed by atoms with Gasteiger partial charge in [0.15, 0.2) is 0 Å². The summed E-state index contributed by atoms with van der Waals surface area (Å²) in [4.78, 5) is 18.8. The van der Waals surface area contributed by atoms with Gasteiger partial charge < -0.3 is 9.80 Å². The van der Waals surface area contributed by atoms with Crippen molar-refractivity contribution in [2.24, 2.45) is 0 Å². The number of fused-ring (bicyclic) bond motifs is 3.